The molecule has 4 rings (SSSR count). The number of halogens is 1. The number of ether oxygens (including phenoxy) is 1. The van der Waals surface area contributed by atoms with E-state index < -0.39 is 0 Å². The fourth-order valence-corrected chi connectivity index (χ4v) is 6.22. The first kappa shape index (κ1) is 26.2. The molecule has 2 aliphatic heterocycles. The summed E-state index contributed by atoms with van der Waals surface area (Å²) in [6.07, 6.45) is 7.41. The first-order valence-electron chi connectivity index (χ1n) is 12.4. The normalized spacial score (nSPS) is 23.9. The van der Waals surface area contributed by atoms with Crippen LogP contribution in [-0.2, 0) is 22.4 Å². The number of nitrogens with one attached hydrogen (secondary N) is 2. The summed E-state index contributed by atoms with van der Waals surface area (Å²) >= 11 is 1.89. The van der Waals surface area contributed by atoms with Crippen molar-refractivity contribution in [1.82, 2.24) is 20.5 Å². The van der Waals surface area contributed by atoms with Crippen molar-refractivity contribution in [1.29, 1.82) is 0 Å². The van der Waals surface area contributed by atoms with Crippen LogP contribution in [0.3, 0.4) is 0 Å². The fourth-order valence-electron chi connectivity index (χ4n) is 4.94. The molecule has 2 amide bonds. The number of likely N-dealkylation sites (tertiary alicyclic amines) is 1. The molecule has 1 saturated carbocycles. The predicted octanol–water partition coefficient (Wildman–Crippen LogP) is 3.90. The van der Waals surface area contributed by atoms with Crippen LogP contribution >= 0.6 is 23.7 Å². The molecule has 1 aliphatic carbocycles. The molecule has 0 bridgehead atoms. The van der Waals surface area contributed by atoms with E-state index in [1.54, 1.807) is 0 Å². The van der Waals surface area contributed by atoms with Crippen LogP contribution in [0.2, 0.25) is 0 Å². The van der Waals surface area contributed by atoms with Crippen molar-refractivity contribution in [3.8, 4) is 0 Å². The van der Waals surface area contributed by atoms with E-state index >= 15 is 0 Å². The van der Waals surface area contributed by atoms with E-state index in [0.29, 0.717) is 18.4 Å². The number of thiazole rings is 1. The van der Waals surface area contributed by atoms with Gasteiger partial charge in [-0.3, -0.25) is 4.79 Å². The van der Waals surface area contributed by atoms with Crippen molar-refractivity contribution in [2.45, 2.75) is 77.2 Å². The summed E-state index contributed by atoms with van der Waals surface area (Å²) in [4.78, 5) is 33.4. The van der Waals surface area contributed by atoms with Gasteiger partial charge in [-0.15, -0.1) is 23.7 Å². The Bertz CT molecular complexity index is 763. The number of urea groups is 1. The van der Waals surface area contributed by atoms with Gasteiger partial charge in [0, 0.05) is 49.4 Å². The van der Waals surface area contributed by atoms with Gasteiger partial charge in [0.05, 0.1) is 23.2 Å². The monoisotopic (exact) mass is 498 g/mol. The SMILES string of the molecule is CC(C)COC(=O)[C@H]1CC[C@H](NC(=O)N2CCC(c3nc4c(s3)CCNCC4)CC2)CC1.Cl. The minimum absolute atomic E-state index is 0. The van der Waals surface area contributed by atoms with Gasteiger partial charge in [-0.2, -0.15) is 0 Å². The first-order valence-corrected chi connectivity index (χ1v) is 13.2. The Kier molecular flexibility index (Phi) is 9.82. The Hall–Kier alpha value is -1.38. The molecule has 3 heterocycles. The second-order valence-corrected chi connectivity index (χ2v) is 11.1. The molecule has 0 aromatic carbocycles. The molecule has 1 aromatic heterocycles. The van der Waals surface area contributed by atoms with Crippen molar-refractivity contribution in [3.05, 3.63) is 15.6 Å². The second kappa shape index (κ2) is 12.4. The maximum absolute atomic E-state index is 12.8. The number of carbonyl (C=O) groups is 2. The van der Waals surface area contributed by atoms with E-state index in [4.69, 9.17) is 9.72 Å². The van der Waals surface area contributed by atoms with Gasteiger partial charge in [0.2, 0.25) is 0 Å². The number of piperidine rings is 1. The summed E-state index contributed by atoms with van der Waals surface area (Å²) in [6, 6.07) is 0.216. The minimum atomic E-state index is -0.0682. The lowest BCUT2D eigenvalue weighted by molar-refractivity contribution is -0.150. The highest BCUT2D eigenvalue weighted by molar-refractivity contribution is 7.11. The third kappa shape index (κ3) is 7.06. The zero-order chi connectivity index (χ0) is 22.5. The first-order chi connectivity index (χ1) is 15.5. The standard InChI is InChI=1S/C24H38N4O3S.ClH/c1-16(2)15-31-23(29)18-3-5-19(6-4-18)26-24(30)28-13-9-17(10-14-28)22-27-20-7-11-25-12-8-21(20)32-22;/h16-19,25H,3-15H2,1-2H3,(H,26,30);1H/t18-,19-;. The molecule has 2 N–H and O–H groups in total. The van der Waals surface area contributed by atoms with Gasteiger partial charge in [-0.1, -0.05) is 13.8 Å². The van der Waals surface area contributed by atoms with E-state index in [2.05, 4.69) is 10.6 Å². The number of hydrogen-bond acceptors (Lipinski definition) is 6. The molecule has 0 radical (unpaired) electrons. The number of amides is 2. The molecule has 186 valence electrons. The lowest BCUT2D eigenvalue weighted by atomic mass is 9.86. The Labute approximate surface area is 207 Å². The topological polar surface area (TPSA) is 83.6 Å². The van der Waals surface area contributed by atoms with Crippen LogP contribution in [-0.4, -0.2) is 60.7 Å². The number of rotatable bonds is 5. The van der Waals surface area contributed by atoms with Gasteiger partial charge in [0.15, 0.2) is 0 Å². The molecule has 1 saturated heterocycles. The Morgan fingerprint density at radius 1 is 1.12 bits per heavy atom. The molecule has 0 atom stereocenters. The molecule has 7 nitrogen and oxygen atoms in total. The van der Waals surface area contributed by atoms with E-state index in [0.717, 1.165) is 77.5 Å². The molecule has 33 heavy (non-hydrogen) atoms. The van der Waals surface area contributed by atoms with E-state index in [-0.39, 0.29) is 36.4 Å². The summed E-state index contributed by atoms with van der Waals surface area (Å²) < 4.78 is 5.39. The molecule has 9 heteroatoms. The number of carbonyl (C=O) groups excluding carboxylic acids is 2. The number of hydrogen-bond donors (Lipinski definition) is 2. The molecule has 3 aliphatic rings. The van der Waals surface area contributed by atoms with Crippen molar-refractivity contribution in [3.63, 3.8) is 0 Å². The largest absolute Gasteiger partial charge is 0.465 e. The van der Waals surface area contributed by atoms with Crippen LogP contribution in [0.1, 0.15) is 73.9 Å². The summed E-state index contributed by atoms with van der Waals surface area (Å²) in [7, 11) is 0. The molecule has 0 unspecified atom stereocenters. The quantitative estimate of drug-likeness (QED) is 0.601. The number of nitrogens with zero attached hydrogens (tertiary/aromatic N) is 2. The van der Waals surface area contributed by atoms with E-state index in [1.807, 2.05) is 30.1 Å². The Morgan fingerprint density at radius 3 is 2.52 bits per heavy atom. The third-order valence-electron chi connectivity index (χ3n) is 6.94. The third-order valence-corrected chi connectivity index (χ3v) is 8.26. The van der Waals surface area contributed by atoms with Crippen LogP contribution in [0, 0.1) is 11.8 Å². The Morgan fingerprint density at radius 2 is 1.82 bits per heavy atom. The Balaban J connectivity index is 0.00000306. The smallest absolute Gasteiger partial charge is 0.317 e. The predicted molar refractivity (Wildman–Crippen MR) is 133 cm³/mol. The summed E-state index contributed by atoms with van der Waals surface area (Å²) in [5.74, 6) is 0.765. The zero-order valence-corrected chi connectivity index (χ0v) is 21.6. The molecule has 0 spiro atoms. The number of aromatic nitrogens is 1. The maximum atomic E-state index is 12.8. The van der Waals surface area contributed by atoms with E-state index in [1.165, 1.54) is 15.6 Å². The lowest BCUT2D eigenvalue weighted by Crippen LogP contribution is -2.48. The minimum Gasteiger partial charge on any atom is -0.465 e. The average Bonchev–Trinajstić information content (AvgIpc) is 3.08. The summed E-state index contributed by atoms with van der Waals surface area (Å²) in [5, 5.41) is 7.93. The second-order valence-electron chi connectivity index (χ2n) is 9.96. The molecule has 2 fully saturated rings. The van der Waals surface area contributed by atoms with Crippen molar-refractivity contribution >= 4 is 35.7 Å². The van der Waals surface area contributed by atoms with Gasteiger partial charge < -0.3 is 20.3 Å². The van der Waals surface area contributed by atoms with Crippen LogP contribution < -0.4 is 10.6 Å². The highest BCUT2D eigenvalue weighted by atomic mass is 35.5. The highest BCUT2D eigenvalue weighted by Gasteiger charge is 2.31. The van der Waals surface area contributed by atoms with Crippen molar-refractivity contribution in [2.75, 3.05) is 32.8 Å². The van der Waals surface area contributed by atoms with Crippen LogP contribution in [0.4, 0.5) is 4.79 Å². The van der Waals surface area contributed by atoms with Crippen LogP contribution in [0.5, 0.6) is 0 Å². The number of esters is 1. The fraction of sp³-hybridized carbons (Fsp3) is 0.792. The zero-order valence-electron chi connectivity index (χ0n) is 19.9. The van der Waals surface area contributed by atoms with Gasteiger partial charge in [-0.05, 0) is 50.9 Å². The van der Waals surface area contributed by atoms with Gasteiger partial charge in [0.25, 0.3) is 0 Å². The van der Waals surface area contributed by atoms with Gasteiger partial charge >= 0.3 is 12.0 Å². The van der Waals surface area contributed by atoms with Crippen molar-refractivity contribution in [2.24, 2.45) is 11.8 Å². The van der Waals surface area contributed by atoms with Gasteiger partial charge in [0.1, 0.15) is 0 Å². The number of fused-ring (bicyclic) bond motifs is 1. The highest BCUT2D eigenvalue weighted by Crippen LogP contribution is 2.34. The van der Waals surface area contributed by atoms with Crippen molar-refractivity contribution < 1.29 is 14.3 Å². The van der Waals surface area contributed by atoms with Crippen LogP contribution in [0.15, 0.2) is 0 Å². The average molecular weight is 499 g/mol. The molecular formula is C24H39ClN4O3S. The molecular weight excluding hydrogens is 460 g/mol. The summed E-state index contributed by atoms with van der Waals surface area (Å²) in [5.41, 5.74) is 1.29. The molecule has 1 aromatic rings. The van der Waals surface area contributed by atoms with E-state index in [9.17, 15) is 9.59 Å². The van der Waals surface area contributed by atoms with Gasteiger partial charge in [-0.25, -0.2) is 9.78 Å². The maximum Gasteiger partial charge on any atom is 0.317 e. The lowest BCUT2D eigenvalue weighted by Gasteiger charge is -2.34. The van der Waals surface area contributed by atoms with Crippen LogP contribution in [0.25, 0.3) is 0 Å². The summed E-state index contributed by atoms with van der Waals surface area (Å²) in [6.45, 7) is 8.24.